The van der Waals surface area contributed by atoms with Crippen LogP contribution < -0.4 is 15.4 Å². The Kier molecular flexibility index (Phi) is 5.96. The third-order valence-corrected chi connectivity index (χ3v) is 3.80. The predicted octanol–water partition coefficient (Wildman–Crippen LogP) is 2.58. The van der Waals surface area contributed by atoms with Crippen LogP contribution in [0.1, 0.15) is 12.5 Å². The van der Waals surface area contributed by atoms with Gasteiger partial charge < -0.3 is 15.4 Å². The van der Waals surface area contributed by atoms with Gasteiger partial charge in [-0.25, -0.2) is 4.39 Å². The van der Waals surface area contributed by atoms with Crippen LogP contribution in [-0.4, -0.2) is 19.1 Å². The summed E-state index contributed by atoms with van der Waals surface area (Å²) >= 11 is 5.91. The van der Waals surface area contributed by atoms with Crippen LogP contribution in [0.3, 0.4) is 0 Å². The lowest BCUT2D eigenvalue weighted by molar-refractivity contribution is -0.688. The number of amides is 1. The number of methoxy groups -OCH3 is 1. The molecule has 3 N–H and O–H groups in total. The molecule has 23 heavy (non-hydrogen) atoms. The van der Waals surface area contributed by atoms with Gasteiger partial charge in [-0.15, -0.1) is 0 Å². The fourth-order valence-corrected chi connectivity index (χ4v) is 2.33. The largest absolute Gasteiger partial charge is 0.496 e. The van der Waals surface area contributed by atoms with E-state index in [4.69, 9.17) is 16.3 Å². The molecule has 122 valence electrons. The molecule has 0 fully saturated rings. The molecule has 2 aromatic carbocycles. The van der Waals surface area contributed by atoms with E-state index in [9.17, 15) is 9.18 Å². The number of anilines is 1. The van der Waals surface area contributed by atoms with E-state index in [1.807, 2.05) is 29.6 Å². The maximum atomic E-state index is 13.0. The summed E-state index contributed by atoms with van der Waals surface area (Å²) in [5.74, 6) is 0.148. The first kappa shape index (κ1) is 17.2. The molecular formula is C17H19ClFN2O2+. The maximum absolute atomic E-state index is 13.0. The Labute approximate surface area is 139 Å². The molecule has 2 aromatic rings. The number of rotatable bonds is 6. The molecule has 0 aliphatic heterocycles. The number of benzene rings is 2. The molecule has 0 heterocycles. The molecule has 0 spiro atoms. The van der Waals surface area contributed by atoms with Crippen LogP contribution in [0, 0.1) is 5.82 Å². The first-order valence-corrected chi connectivity index (χ1v) is 7.60. The number of carbonyl (C=O) groups excluding carboxylic acids is 1. The van der Waals surface area contributed by atoms with E-state index in [-0.39, 0.29) is 17.0 Å². The second-order valence-corrected chi connectivity index (χ2v) is 5.56. The van der Waals surface area contributed by atoms with Crippen molar-refractivity contribution in [1.29, 1.82) is 0 Å². The normalized spacial score (nSPS) is 11.8. The lowest BCUT2D eigenvalue weighted by atomic mass is 10.2. The summed E-state index contributed by atoms with van der Waals surface area (Å²) in [7, 11) is 1.62. The Morgan fingerprint density at radius 3 is 2.78 bits per heavy atom. The van der Waals surface area contributed by atoms with Crippen LogP contribution in [-0.2, 0) is 11.3 Å². The Morgan fingerprint density at radius 2 is 2.09 bits per heavy atom. The second-order valence-electron chi connectivity index (χ2n) is 5.15. The smallest absolute Gasteiger partial charge is 0.282 e. The number of nitrogens with one attached hydrogen (secondary N) is 1. The highest BCUT2D eigenvalue weighted by atomic mass is 35.5. The summed E-state index contributed by atoms with van der Waals surface area (Å²) in [5.41, 5.74) is 1.41. The van der Waals surface area contributed by atoms with Gasteiger partial charge in [0.1, 0.15) is 18.1 Å². The minimum Gasteiger partial charge on any atom is -0.496 e. The molecule has 0 aliphatic carbocycles. The molecule has 0 saturated heterocycles. The average molecular weight is 338 g/mol. The Bertz CT molecular complexity index is 694. The van der Waals surface area contributed by atoms with Gasteiger partial charge in [-0.05, 0) is 37.3 Å². The zero-order valence-electron chi connectivity index (χ0n) is 13.0. The molecule has 1 amide bonds. The molecule has 0 bridgehead atoms. The van der Waals surface area contributed by atoms with Gasteiger partial charge in [0.15, 0.2) is 6.04 Å². The zero-order valence-corrected chi connectivity index (χ0v) is 13.7. The van der Waals surface area contributed by atoms with Gasteiger partial charge in [-0.3, -0.25) is 4.79 Å². The summed E-state index contributed by atoms with van der Waals surface area (Å²) in [6.07, 6.45) is 0. The number of ether oxygens (including phenoxy) is 1. The van der Waals surface area contributed by atoms with Crippen molar-refractivity contribution in [3.05, 3.63) is 58.9 Å². The van der Waals surface area contributed by atoms with E-state index in [1.54, 1.807) is 14.0 Å². The first-order valence-electron chi connectivity index (χ1n) is 7.22. The third-order valence-electron chi connectivity index (χ3n) is 3.49. The van der Waals surface area contributed by atoms with Gasteiger partial charge in [0.25, 0.3) is 5.91 Å². The molecule has 2 rings (SSSR count). The molecule has 0 aliphatic rings. The van der Waals surface area contributed by atoms with Crippen molar-refractivity contribution in [1.82, 2.24) is 0 Å². The summed E-state index contributed by atoms with van der Waals surface area (Å²) in [6.45, 7) is 2.40. The number of hydrogen-bond acceptors (Lipinski definition) is 2. The lowest BCUT2D eigenvalue weighted by Gasteiger charge is -2.13. The van der Waals surface area contributed by atoms with E-state index in [0.29, 0.717) is 12.2 Å². The molecule has 1 atom stereocenters. The monoisotopic (exact) mass is 337 g/mol. The summed E-state index contributed by atoms with van der Waals surface area (Å²) < 4.78 is 18.3. The van der Waals surface area contributed by atoms with Gasteiger partial charge in [0.05, 0.1) is 17.8 Å². The van der Waals surface area contributed by atoms with Crippen molar-refractivity contribution in [2.45, 2.75) is 19.5 Å². The first-order chi connectivity index (χ1) is 11.0. The average Bonchev–Trinajstić information content (AvgIpc) is 2.55. The van der Waals surface area contributed by atoms with Crippen molar-refractivity contribution in [2.75, 3.05) is 12.4 Å². The number of halogens is 2. The van der Waals surface area contributed by atoms with Crippen LogP contribution in [0.4, 0.5) is 10.1 Å². The molecule has 4 nitrogen and oxygen atoms in total. The molecule has 0 aromatic heterocycles. The minimum absolute atomic E-state index is 0.176. The van der Waals surface area contributed by atoms with Crippen molar-refractivity contribution in [3.63, 3.8) is 0 Å². The fraction of sp³-hybridized carbons (Fsp3) is 0.235. The van der Waals surface area contributed by atoms with Crippen LogP contribution in [0.5, 0.6) is 5.75 Å². The quantitative estimate of drug-likeness (QED) is 0.851. The van der Waals surface area contributed by atoms with Gasteiger partial charge >= 0.3 is 0 Å². The third kappa shape index (κ3) is 4.68. The maximum Gasteiger partial charge on any atom is 0.282 e. The number of para-hydroxylation sites is 1. The standard InChI is InChI=1S/C17H18ClFN2O2/c1-11(20-10-12-5-3-4-6-16(12)23-2)17(22)21-15-8-7-13(19)9-14(15)18/h3-9,11,20H,10H2,1-2H3,(H,21,22)/p+1/t11-/m0/s1. The molecule has 0 radical (unpaired) electrons. The molecule has 0 saturated carbocycles. The van der Waals surface area contributed by atoms with Crippen molar-refractivity contribution < 1.29 is 19.2 Å². The summed E-state index contributed by atoms with van der Waals surface area (Å²) in [5, 5.41) is 4.77. The molecule has 0 unspecified atom stereocenters. The van der Waals surface area contributed by atoms with E-state index < -0.39 is 5.82 Å². The van der Waals surface area contributed by atoms with Gasteiger partial charge in [0, 0.05) is 5.56 Å². The van der Waals surface area contributed by atoms with E-state index >= 15 is 0 Å². The van der Waals surface area contributed by atoms with E-state index in [2.05, 4.69) is 5.32 Å². The topological polar surface area (TPSA) is 54.9 Å². The van der Waals surface area contributed by atoms with Gasteiger partial charge in [-0.2, -0.15) is 0 Å². The highest BCUT2D eigenvalue weighted by Crippen LogP contribution is 2.22. The fourth-order valence-electron chi connectivity index (χ4n) is 2.12. The van der Waals surface area contributed by atoms with Gasteiger partial charge in [0.2, 0.25) is 0 Å². The number of hydrogen-bond donors (Lipinski definition) is 2. The van der Waals surface area contributed by atoms with E-state index in [0.717, 1.165) is 11.3 Å². The summed E-state index contributed by atoms with van der Waals surface area (Å²) in [4.78, 5) is 12.2. The van der Waals surface area contributed by atoms with Crippen molar-refractivity contribution in [3.8, 4) is 5.75 Å². The zero-order chi connectivity index (χ0) is 16.8. The second kappa shape index (κ2) is 7.94. The number of nitrogens with two attached hydrogens (primary N) is 1. The van der Waals surface area contributed by atoms with Crippen LogP contribution >= 0.6 is 11.6 Å². The Hall–Kier alpha value is -2.11. The van der Waals surface area contributed by atoms with Crippen molar-refractivity contribution in [2.24, 2.45) is 0 Å². The Balaban J connectivity index is 1.95. The van der Waals surface area contributed by atoms with Crippen molar-refractivity contribution >= 4 is 23.2 Å². The number of carbonyl (C=O) groups is 1. The number of quaternary nitrogens is 1. The molecular weight excluding hydrogens is 319 g/mol. The van der Waals surface area contributed by atoms with Crippen LogP contribution in [0.2, 0.25) is 5.02 Å². The van der Waals surface area contributed by atoms with Crippen LogP contribution in [0.25, 0.3) is 0 Å². The lowest BCUT2D eigenvalue weighted by Crippen LogP contribution is -2.90. The Morgan fingerprint density at radius 1 is 1.35 bits per heavy atom. The van der Waals surface area contributed by atoms with E-state index in [1.165, 1.54) is 18.2 Å². The minimum atomic E-state index is -0.441. The molecule has 6 heteroatoms. The van der Waals surface area contributed by atoms with Crippen LogP contribution in [0.15, 0.2) is 42.5 Å². The highest BCUT2D eigenvalue weighted by molar-refractivity contribution is 6.33. The highest BCUT2D eigenvalue weighted by Gasteiger charge is 2.18. The van der Waals surface area contributed by atoms with Gasteiger partial charge in [-0.1, -0.05) is 23.7 Å². The SMILES string of the molecule is COc1ccccc1C[NH2+][C@@H](C)C(=O)Nc1ccc(F)cc1Cl. The predicted molar refractivity (Wildman–Crippen MR) is 88.1 cm³/mol. The summed E-state index contributed by atoms with van der Waals surface area (Å²) in [6, 6.07) is 11.2.